The molecule has 0 N–H and O–H groups in total. The average Bonchev–Trinajstić information content (AvgIpc) is 2.49. The zero-order valence-corrected chi connectivity index (χ0v) is 9.18. The van der Waals surface area contributed by atoms with E-state index in [1.807, 2.05) is 0 Å². The average molecular weight is 184 g/mol. The van der Waals surface area contributed by atoms with Gasteiger partial charge in [0.25, 0.3) is 0 Å². The Morgan fingerprint density at radius 2 is 2.15 bits per heavy atom. The molecule has 0 saturated carbocycles. The van der Waals surface area contributed by atoms with Crippen LogP contribution in [0.3, 0.4) is 0 Å². The second kappa shape index (κ2) is 4.23. The maximum atomic E-state index is 11.7. The van der Waals surface area contributed by atoms with Gasteiger partial charge < -0.3 is 0 Å². The van der Waals surface area contributed by atoms with Crippen LogP contribution in [0.15, 0.2) is 0 Å². The minimum atomic E-state index is 0.374. The minimum Gasteiger partial charge on any atom is -0.259 e. The number of rotatable bonds is 3. The van der Waals surface area contributed by atoms with E-state index in [-0.39, 0.29) is 0 Å². The molecule has 0 radical (unpaired) electrons. The third-order valence-electron chi connectivity index (χ3n) is 3.61. The molecule has 2 atom stereocenters. The van der Waals surface area contributed by atoms with Gasteiger partial charge in [0.05, 0.1) is 26.1 Å². The molecule has 1 aliphatic heterocycles. The van der Waals surface area contributed by atoms with Gasteiger partial charge in [0.2, 0.25) is 0 Å². The van der Waals surface area contributed by atoms with Gasteiger partial charge in [0, 0.05) is 12.8 Å². The summed E-state index contributed by atoms with van der Waals surface area (Å²) >= 11 is 0. The Labute approximate surface area is 81.5 Å². The molecule has 1 amide bonds. The fourth-order valence-corrected chi connectivity index (χ4v) is 2.82. The fourth-order valence-electron chi connectivity index (χ4n) is 2.82. The summed E-state index contributed by atoms with van der Waals surface area (Å²) in [7, 11) is 0. The molecule has 0 aromatic heterocycles. The van der Waals surface area contributed by atoms with Crippen molar-refractivity contribution in [3.8, 4) is 0 Å². The van der Waals surface area contributed by atoms with E-state index in [0.717, 1.165) is 17.6 Å². The van der Waals surface area contributed by atoms with Crippen molar-refractivity contribution in [2.24, 2.45) is 0 Å². The van der Waals surface area contributed by atoms with E-state index in [2.05, 4.69) is 13.8 Å². The van der Waals surface area contributed by atoms with Gasteiger partial charge in [0.1, 0.15) is 0 Å². The topological polar surface area (TPSA) is 17.1 Å². The highest BCUT2D eigenvalue weighted by molar-refractivity contribution is 5.66. The fraction of sp³-hybridized carbons (Fsp3) is 0.909. The number of hydrogen-bond donors (Lipinski definition) is 0. The molecule has 1 heterocycles. The summed E-state index contributed by atoms with van der Waals surface area (Å²) in [5.74, 6) is 0.374. The lowest BCUT2D eigenvalue weighted by molar-refractivity contribution is -0.864. The molecule has 0 bridgehead atoms. The third kappa shape index (κ3) is 1.78. The summed E-state index contributed by atoms with van der Waals surface area (Å²) in [6.45, 7) is 8.19. The molecule has 1 rings (SSSR count). The predicted octanol–water partition coefficient (Wildman–Crippen LogP) is 2.33. The van der Waals surface area contributed by atoms with Crippen LogP contribution in [0.5, 0.6) is 0 Å². The van der Waals surface area contributed by atoms with Gasteiger partial charge in [0.15, 0.2) is 0 Å². The van der Waals surface area contributed by atoms with E-state index in [1.54, 1.807) is 6.92 Å². The molecule has 1 saturated heterocycles. The van der Waals surface area contributed by atoms with E-state index in [1.165, 1.54) is 25.7 Å². The summed E-state index contributed by atoms with van der Waals surface area (Å²) in [6, 6.07) is 0.618. The van der Waals surface area contributed by atoms with E-state index < -0.39 is 0 Å². The van der Waals surface area contributed by atoms with Crippen molar-refractivity contribution < 1.29 is 9.28 Å². The lowest BCUT2D eigenvalue weighted by atomic mass is 10.1. The number of carbonyl (C=O) groups excluding carboxylic acids is 1. The SMILES string of the molecule is CCCC1CCC[N+]1(CC)C(C)=O. The van der Waals surface area contributed by atoms with Gasteiger partial charge in [-0.1, -0.05) is 13.3 Å². The van der Waals surface area contributed by atoms with E-state index >= 15 is 0 Å². The van der Waals surface area contributed by atoms with Crippen LogP contribution in [-0.4, -0.2) is 29.5 Å². The first-order valence-corrected chi connectivity index (χ1v) is 5.55. The Balaban J connectivity index is 2.77. The van der Waals surface area contributed by atoms with Crippen LogP contribution in [0.25, 0.3) is 0 Å². The van der Waals surface area contributed by atoms with E-state index in [4.69, 9.17) is 0 Å². The number of likely N-dealkylation sites (tertiary alicyclic amines) is 1. The van der Waals surface area contributed by atoms with Gasteiger partial charge in [-0.25, -0.2) is 4.79 Å². The van der Waals surface area contributed by atoms with Crippen LogP contribution < -0.4 is 0 Å². The summed E-state index contributed by atoms with van der Waals surface area (Å²) in [5.41, 5.74) is 0. The van der Waals surface area contributed by atoms with E-state index in [9.17, 15) is 4.79 Å². The standard InChI is InChI=1S/C11H22NO/c1-4-7-11-8-6-9-12(11,5-2)10(3)13/h11H,4-9H2,1-3H3/q+1. The molecule has 1 aliphatic rings. The molecular formula is C11H22NO+. The predicted molar refractivity (Wildman–Crippen MR) is 54.3 cm³/mol. The van der Waals surface area contributed by atoms with Gasteiger partial charge >= 0.3 is 5.91 Å². The Hall–Kier alpha value is -0.370. The molecule has 13 heavy (non-hydrogen) atoms. The number of nitrogens with zero attached hydrogens (tertiary/aromatic N) is 1. The Bertz CT molecular complexity index is 191. The first kappa shape index (κ1) is 10.7. The first-order chi connectivity index (χ1) is 6.17. The second-order valence-electron chi connectivity index (χ2n) is 4.18. The lowest BCUT2D eigenvalue weighted by Gasteiger charge is -2.35. The van der Waals surface area contributed by atoms with Gasteiger partial charge in [-0.15, -0.1) is 0 Å². The molecule has 2 unspecified atom stereocenters. The van der Waals surface area contributed by atoms with Crippen molar-refractivity contribution in [1.82, 2.24) is 0 Å². The number of carbonyl (C=O) groups is 1. The Kier molecular flexibility index (Phi) is 3.48. The lowest BCUT2D eigenvalue weighted by Crippen LogP contribution is -2.54. The zero-order chi connectivity index (χ0) is 9.90. The molecule has 2 heteroatoms. The van der Waals surface area contributed by atoms with Crippen LogP contribution in [0.2, 0.25) is 0 Å². The summed E-state index contributed by atoms with van der Waals surface area (Å²) < 4.78 is 0.758. The maximum absolute atomic E-state index is 11.7. The molecule has 0 aromatic carbocycles. The first-order valence-electron chi connectivity index (χ1n) is 5.55. The van der Waals surface area contributed by atoms with E-state index in [0.29, 0.717) is 11.9 Å². The van der Waals surface area contributed by atoms with Gasteiger partial charge in [-0.2, -0.15) is 0 Å². The third-order valence-corrected chi connectivity index (χ3v) is 3.61. The van der Waals surface area contributed by atoms with Crippen molar-refractivity contribution in [3.63, 3.8) is 0 Å². The molecule has 1 fully saturated rings. The van der Waals surface area contributed by atoms with Crippen molar-refractivity contribution in [1.29, 1.82) is 0 Å². The van der Waals surface area contributed by atoms with Crippen molar-refractivity contribution in [2.45, 2.75) is 52.5 Å². The smallest absolute Gasteiger partial charge is 0.259 e. The largest absolute Gasteiger partial charge is 0.310 e. The second-order valence-corrected chi connectivity index (χ2v) is 4.18. The maximum Gasteiger partial charge on any atom is 0.310 e. The molecule has 0 spiro atoms. The number of quaternary nitrogens is 1. The molecule has 2 nitrogen and oxygen atoms in total. The molecular weight excluding hydrogens is 162 g/mol. The van der Waals surface area contributed by atoms with Crippen LogP contribution in [-0.2, 0) is 4.79 Å². The number of hydrogen-bond acceptors (Lipinski definition) is 1. The summed E-state index contributed by atoms with van der Waals surface area (Å²) in [5, 5.41) is 0. The highest BCUT2D eigenvalue weighted by Crippen LogP contribution is 2.30. The van der Waals surface area contributed by atoms with Crippen LogP contribution in [0, 0.1) is 0 Å². The quantitative estimate of drug-likeness (QED) is 0.615. The van der Waals surface area contributed by atoms with Crippen LogP contribution >= 0.6 is 0 Å². The molecule has 76 valence electrons. The van der Waals surface area contributed by atoms with Gasteiger partial charge in [-0.3, -0.25) is 4.48 Å². The normalized spacial score (nSPS) is 33.6. The van der Waals surface area contributed by atoms with Crippen LogP contribution in [0.4, 0.5) is 0 Å². The van der Waals surface area contributed by atoms with Crippen molar-refractivity contribution in [3.05, 3.63) is 0 Å². The summed E-state index contributed by atoms with van der Waals surface area (Å²) in [4.78, 5) is 11.7. The minimum absolute atomic E-state index is 0.374. The highest BCUT2D eigenvalue weighted by atomic mass is 16.2. The monoisotopic (exact) mass is 184 g/mol. The zero-order valence-electron chi connectivity index (χ0n) is 9.18. The Morgan fingerprint density at radius 3 is 2.62 bits per heavy atom. The van der Waals surface area contributed by atoms with Crippen LogP contribution in [0.1, 0.15) is 46.5 Å². The Morgan fingerprint density at radius 1 is 1.46 bits per heavy atom. The molecule has 0 aliphatic carbocycles. The van der Waals surface area contributed by atoms with Gasteiger partial charge in [-0.05, 0) is 13.3 Å². The van der Waals surface area contributed by atoms with Crippen molar-refractivity contribution in [2.75, 3.05) is 13.1 Å². The number of amides is 1. The highest BCUT2D eigenvalue weighted by Gasteiger charge is 2.43. The molecule has 0 aromatic rings. The summed E-state index contributed by atoms with van der Waals surface area (Å²) in [6.07, 6.45) is 4.91. The van der Waals surface area contributed by atoms with Crippen molar-refractivity contribution >= 4 is 5.91 Å².